The third-order valence-corrected chi connectivity index (χ3v) is 3.41. The first kappa shape index (κ1) is 13.2. The molecule has 0 fully saturated rings. The molecule has 0 radical (unpaired) electrons. The lowest BCUT2D eigenvalue weighted by atomic mass is 10.0. The van der Waals surface area contributed by atoms with Crippen LogP contribution in [0.25, 0.3) is 0 Å². The molecule has 2 heterocycles. The molecule has 0 atom stereocenters. The Morgan fingerprint density at radius 3 is 2.90 bits per heavy atom. The second kappa shape index (κ2) is 5.28. The summed E-state index contributed by atoms with van der Waals surface area (Å²) in [5, 5.41) is 16.6. The van der Waals surface area contributed by atoms with Crippen LogP contribution in [0.5, 0.6) is 0 Å². The second-order valence-corrected chi connectivity index (χ2v) is 4.87. The quantitative estimate of drug-likeness (QED) is 0.596. The van der Waals surface area contributed by atoms with Crippen LogP contribution in [-0.2, 0) is 6.42 Å². The zero-order valence-corrected chi connectivity index (χ0v) is 11.2. The van der Waals surface area contributed by atoms with Crippen LogP contribution in [0.2, 0.25) is 0 Å². The number of nitrogens with zero attached hydrogens (tertiary/aromatic N) is 1. The number of carbonyl (C=O) groups is 1. The van der Waals surface area contributed by atoms with E-state index in [-0.39, 0.29) is 11.5 Å². The van der Waals surface area contributed by atoms with Crippen molar-refractivity contribution in [1.82, 2.24) is 4.98 Å². The highest BCUT2D eigenvalue weighted by atomic mass is 16.6. The molecular formula is C14H14N4O3. The van der Waals surface area contributed by atoms with Gasteiger partial charge in [-0.25, -0.2) is 4.98 Å². The number of benzene rings is 1. The maximum Gasteiger partial charge on any atom is 0.321 e. The Morgan fingerprint density at radius 1 is 1.29 bits per heavy atom. The van der Waals surface area contributed by atoms with E-state index in [0.717, 1.165) is 30.6 Å². The van der Waals surface area contributed by atoms with Crippen LogP contribution in [-0.4, -0.2) is 22.4 Å². The number of aryl methyl sites for hydroxylation is 1. The van der Waals surface area contributed by atoms with E-state index >= 15 is 0 Å². The smallest absolute Gasteiger partial charge is 0.321 e. The van der Waals surface area contributed by atoms with Crippen LogP contribution < -0.4 is 10.6 Å². The molecule has 1 aliphatic heterocycles. The lowest BCUT2D eigenvalue weighted by molar-refractivity contribution is -0.389. The zero-order chi connectivity index (χ0) is 14.8. The summed E-state index contributed by atoms with van der Waals surface area (Å²) in [4.78, 5) is 24.5. The Bertz CT molecular complexity index is 708. The maximum absolute atomic E-state index is 12.0. The monoisotopic (exact) mass is 286 g/mol. The second-order valence-electron chi connectivity index (χ2n) is 4.87. The van der Waals surface area contributed by atoms with E-state index in [2.05, 4.69) is 15.6 Å². The number of nitro groups is 1. The van der Waals surface area contributed by atoms with Gasteiger partial charge in [-0.1, -0.05) is 0 Å². The Kier molecular flexibility index (Phi) is 3.31. The first-order valence-corrected chi connectivity index (χ1v) is 6.65. The lowest BCUT2D eigenvalue weighted by Crippen LogP contribution is -2.15. The molecule has 108 valence electrons. The summed E-state index contributed by atoms with van der Waals surface area (Å²) in [6.07, 6.45) is 2.03. The van der Waals surface area contributed by atoms with Crippen LogP contribution in [0.1, 0.15) is 22.5 Å². The van der Waals surface area contributed by atoms with E-state index in [9.17, 15) is 14.9 Å². The largest absolute Gasteiger partial charge is 0.385 e. The van der Waals surface area contributed by atoms with Crippen LogP contribution in [0, 0.1) is 10.1 Å². The van der Waals surface area contributed by atoms with Gasteiger partial charge in [0.1, 0.15) is 0 Å². The first-order valence-electron chi connectivity index (χ1n) is 6.65. The molecule has 1 aromatic heterocycles. The van der Waals surface area contributed by atoms with Crippen molar-refractivity contribution >= 4 is 23.1 Å². The van der Waals surface area contributed by atoms with Crippen molar-refractivity contribution in [3.05, 3.63) is 51.7 Å². The topological polar surface area (TPSA) is 100 Å². The van der Waals surface area contributed by atoms with Gasteiger partial charge in [0.15, 0.2) is 5.69 Å². The molecule has 0 saturated heterocycles. The molecule has 0 spiro atoms. The molecule has 0 saturated carbocycles. The third kappa shape index (κ3) is 2.71. The fourth-order valence-corrected chi connectivity index (χ4v) is 2.37. The van der Waals surface area contributed by atoms with Crippen molar-refractivity contribution < 1.29 is 9.72 Å². The van der Waals surface area contributed by atoms with E-state index in [0.29, 0.717) is 5.69 Å². The summed E-state index contributed by atoms with van der Waals surface area (Å²) in [5.41, 5.74) is 3.10. The van der Waals surface area contributed by atoms with Crippen LogP contribution >= 0.6 is 0 Å². The van der Waals surface area contributed by atoms with Crippen molar-refractivity contribution in [1.29, 1.82) is 0 Å². The standard InChI is InChI=1S/C14H14N4O3/c19-14(12-5-6-13(17-12)18(20)21)16-10-3-4-11-9(8-10)2-1-7-15-11/h3-6,8,15,17H,1-2,7H2,(H,16,19). The molecule has 1 amide bonds. The average molecular weight is 286 g/mol. The maximum atomic E-state index is 12.0. The molecule has 21 heavy (non-hydrogen) atoms. The van der Waals surface area contributed by atoms with Crippen LogP contribution in [0.3, 0.4) is 0 Å². The van der Waals surface area contributed by atoms with Crippen molar-refractivity contribution in [2.45, 2.75) is 12.8 Å². The minimum absolute atomic E-state index is 0.164. The molecule has 1 aromatic carbocycles. The Hall–Kier alpha value is -2.83. The van der Waals surface area contributed by atoms with E-state index < -0.39 is 10.8 Å². The molecule has 7 nitrogen and oxygen atoms in total. The van der Waals surface area contributed by atoms with Crippen LogP contribution in [0.4, 0.5) is 17.2 Å². The summed E-state index contributed by atoms with van der Waals surface area (Å²) < 4.78 is 0. The van der Waals surface area contributed by atoms with Crippen molar-refractivity contribution in [3.8, 4) is 0 Å². The average Bonchev–Trinajstić information content (AvgIpc) is 2.97. The van der Waals surface area contributed by atoms with Gasteiger partial charge < -0.3 is 20.7 Å². The highest BCUT2D eigenvalue weighted by Crippen LogP contribution is 2.25. The predicted octanol–water partition coefficient (Wildman–Crippen LogP) is 2.53. The normalized spacial score (nSPS) is 13.1. The number of aromatic amines is 1. The molecule has 3 rings (SSSR count). The SMILES string of the molecule is O=C(Nc1ccc2c(c1)CCCN2)c1ccc([N+](=O)[O-])[nH]1. The lowest BCUT2D eigenvalue weighted by Gasteiger charge is -2.18. The number of H-pyrrole nitrogens is 1. The van der Waals surface area contributed by atoms with Gasteiger partial charge in [-0.05, 0) is 47.6 Å². The summed E-state index contributed by atoms with van der Waals surface area (Å²) in [5.74, 6) is -0.596. The number of amides is 1. The number of hydrogen-bond donors (Lipinski definition) is 3. The molecule has 0 aliphatic carbocycles. The minimum Gasteiger partial charge on any atom is -0.385 e. The number of aromatic nitrogens is 1. The Labute approximate surface area is 120 Å². The van der Waals surface area contributed by atoms with E-state index in [1.165, 1.54) is 12.1 Å². The van der Waals surface area contributed by atoms with Gasteiger partial charge in [-0.2, -0.15) is 0 Å². The van der Waals surface area contributed by atoms with Crippen molar-refractivity contribution in [2.24, 2.45) is 0 Å². The number of rotatable bonds is 3. The van der Waals surface area contributed by atoms with Gasteiger partial charge in [-0.3, -0.25) is 4.79 Å². The van der Waals surface area contributed by atoms with Gasteiger partial charge in [0.05, 0.1) is 0 Å². The van der Waals surface area contributed by atoms with E-state index in [1.54, 1.807) is 0 Å². The van der Waals surface area contributed by atoms with Gasteiger partial charge >= 0.3 is 5.82 Å². The molecular weight excluding hydrogens is 272 g/mol. The molecule has 3 N–H and O–H groups in total. The number of hydrogen-bond acceptors (Lipinski definition) is 4. The van der Waals surface area contributed by atoms with Gasteiger partial charge in [0.2, 0.25) is 0 Å². The molecule has 7 heteroatoms. The summed E-state index contributed by atoms with van der Waals surface area (Å²) in [6.45, 7) is 0.963. The predicted molar refractivity (Wildman–Crippen MR) is 78.7 cm³/mol. The Morgan fingerprint density at radius 2 is 2.14 bits per heavy atom. The molecule has 1 aliphatic rings. The highest BCUT2D eigenvalue weighted by Gasteiger charge is 2.16. The number of fused-ring (bicyclic) bond motifs is 1. The highest BCUT2D eigenvalue weighted by molar-refractivity contribution is 6.03. The number of nitrogens with one attached hydrogen (secondary N) is 3. The number of anilines is 2. The summed E-state index contributed by atoms with van der Waals surface area (Å²) in [7, 11) is 0. The summed E-state index contributed by atoms with van der Waals surface area (Å²) in [6, 6.07) is 8.34. The third-order valence-electron chi connectivity index (χ3n) is 3.41. The molecule has 0 bridgehead atoms. The number of carbonyl (C=O) groups excluding carboxylic acids is 1. The molecule has 0 unspecified atom stereocenters. The Balaban J connectivity index is 1.76. The fraction of sp³-hybridized carbons (Fsp3) is 0.214. The van der Waals surface area contributed by atoms with Gasteiger partial charge in [-0.15, -0.1) is 0 Å². The molecule has 2 aromatic rings. The van der Waals surface area contributed by atoms with Crippen molar-refractivity contribution in [2.75, 3.05) is 17.2 Å². The zero-order valence-electron chi connectivity index (χ0n) is 11.2. The van der Waals surface area contributed by atoms with Crippen LogP contribution in [0.15, 0.2) is 30.3 Å². The first-order chi connectivity index (χ1) is 10.1. The van der Waals surface area contributed by atoms with E-state index in [1.807, 2.05) is 18.2 Å². The summed E-state index contributed by atoms with van der Waals surface area (Å²) >= 11 is 0. The van der Waals surface area contributed by atoms with Crippen molar-refractivity contribution in [3.63, 3.8) is 0 Å². The minimum atomic E-state index is -0.568. The van der Waals surface area contributed by atoms with Gasteiger partial charge in [0, 0.05) is 24.0 Å². The fourth-order valence-electron chi connectivity index (χ4n) is 2.37. The van der Waals surface area contributed by atoms with Gasteiger partial charge in [0.25, 0.3) is 5.91 Å². The van der Waals surface area contributed by atoms with E-state index in [4.69, 9.17) is 0 Å².